The molecule has 0 aliphatic carbocycles. The van der Waals surface area contributed by atoms with Crippen molar-refractivity contribution in [3.8, 4) is 11.1 Å². The summed E-state index contributed by atoms with van der Waals surface area (Å²) >= 11 is 6.79. The van der Waals surface area contributed by atoms with E-state index >= 15 is 0 Å². The average Bonchev–Trinajstić information content (AvgIpc) is 2.69. The topological polar surface area (TPSA) is 14.1 Å². The van der Waals surface area contributed by atoms with Crippen LogP contribution < -0.4 is 0 Å². The Hall–Kier alpha value is -0.0178. The summed E-state index contributed by atoms with van der Waals surface area (Å²) < 4.78 is 2.43. The molecule has 0 atom stereocenters. The van der Waals surface area contributed by atoms with Gasteiger partial charge in [-0.15, -0.1) is 23.9 Å². The zero-order valence-corrected chi connectivity index (χ0v) is 23.9. The van der Waals surface area contributed by atoms with Crippen LogP contribution in [0.1, 0.15) is 16.7 Å². The molecule has 0 N–H and O–H groups in total. The first-order valence-electron chi connectivity index (χ1n) is 8.65. The van der Waals surface area contributed by atoms with E-state index in [2.05, 4.69) is 89.0 Å². The molecule has 0 aromatic heterocycles. The van der Waals surface area contributed by atoms with E-state index in [0.717, 1.165) is 18.5 Å². The monoisotopic (exact) mass is 694 g/mol. The van der Waals surface area contributed by atoms with Gasteiger partial charge in [-0.3, -0.25) is 0 Å². The number of nitrogens with zero attached hydrogens (tertiary/aromatic N) is 1. The Bertz CT molecular complexity index is 944. The van der Waals surface area contributed by atoms with Crippen molar-refractivity contribution in [1.29, 1.82) is 0 Å². The van der Waals surface area contributed by atoms with Gasteiger partial charge in [-0.1, -0.05) is 18.2 Å². The standard InChI is InChI=1S/C14H13S.C9H7BrN.W.Y/c1-11-7-9-12(10-8-11)13-5-3-4-6-14(13)15-2;10-9-3-1-2-7-4-5-11-6-8(7)9;;/h3-10H,1H2,2H3;1-3H,4-5H2;;/q2*-1;;. The van der Waals surface area contributed by atoms with Crippen molar-refractivity contribution in [2.75, 3.05) is 12.8 Å². The van der Waals surface area contributed by atoms with Crippen molar-refractivity contribution in [3.05, 3.63) is 100 Å². The van der Waals surface area contributed by atoms with Gasteiger partial charge >= 0.3 is 91.4 Å². The molecule has 1 aliphatic heterocycles. The minimum absolute atomic E-state index is 0. The average molecular weight is 695 g/mol. The maximum atomic E-state index is 4.46. The molecule has 0 spiro atoms. The summed E-state index contributed by atoms with van der Waals surface area (Å²) in [6.07, 6.45) is 3.19. The normalized spacial score (nSPS) is 12.3. The van der Waals surface area contributed by atoms with Crippen LogP contribution in [0.5, 0.6) is 0 Å². The molecule has 28 heavy (non-hydrogen) atoms. The molecule has 0 bridgehead atoms. The van der Waals surface area contributed by atoms with Crippen LogP contribution >= 0.6 is 27.7 Å². The second-order valence-corrected chi connectivity index (χ2v) is 9.20. The number of fused-ring (bicyclic) bond motifs is 1. The molecule has 0 fully saturated rings. The molecule has 3 aromatic carbocycles. The van der Waals surface area contributed by atoms with Crippen LogP contribution in [0, 0.1) is 6.92 Å². The SMILES string of the molecule is Brc1cccc2c1[C](=[W])[N-]CC2.[CH2-]c1ccc(-c2ccccc2SC)cc1.[Y]. The van der Waals surface area contributed by atoms with Crippen molar-refractivity contribution < 1.29 is 52.1 Å². The summed E-state index contributed by atoms with van der Waals surface area (Å²) in [5, 5.41) is 4.46. The van der Waals surface area contributed by atoms with Crippen LogP contribution in [0.15, 0.2) is 76.1 Å². The molecule has 0 saturated heterocycles. The fraction of sp³-hybridized carbons (Fsp3) is 0.130. The van der Waals surface area contributed by atoms with Crippen molar-refractivity contribution in [3.63, 3.8) is 0 Å². The van der Waals surface area contributed by atoms with Gasteiger partial charge in [-0.2, -0.15) is 24.6 Å². The summed E-state index contributed by atoms with van der Waals surface area (Å²) in [4.78, 5) is 1.31. The first-order chi connectivity index (χ1) is 13.1. The number of rotatable bonds is 2. The van der Waals surface area contributed by atoms with E-state index in [1.54, 1.807) is 11.8 Å². The second kappa shape index (κ2) is 12.0. The van der Waals surface area contributed by atoms with E-state index in [0.29, 0.717) is 0 Å². The third kappa shape index (κ3) is 6.24. The minimum atomic E-state index is 0. The van der Waals surface area contributed by atoms with Gasteiger partial charge in [0.2, 0.25) is 0 Å². The van der Waals surface area contributed by atoms with E-state index in [-0.39, 0.29) is 32.7 Å². The fourth-order valence-corrected chi connectivity index (χ4v) is 5.87. The molecule has 5 heteroatoms. The fourth-order valence-electron chi connectivity index (χ4n) is 2.94. The number of thioether (sulfide) groups is 1. The van der Waals surface area contributed by atoms with E-state index in [1.807, 2.05) is 12.1 Å². The first kappa shape index (κ1) is 24.3. The third-order valence-corrected chi connectivity index (χ3v) is 6.98. The van der Waals surface area contributed by atoms with Crippen LogP contribution in [0.2, 0.25) is 0 Å². The van der Waals surface area contributed by atoms with Gasteiger partial charge in [-0.05, 0) is 23.4 Å². The summed E-state index contributed by atoms with van der Waals surface area (Å²) in [5.41, 5.74) is 6.38. The number of hydrogen-bond acceptors (Lipinski definition) is 1. The zero-order chi connectivity index (χ0) is 19.2. The van der Waals surface area contributed by atoms with E-state index in [1.165, 1.54) is 55.0 Å². The number of hydrogen-bond donors (Lipinski definition) is 0. The Labute approximate surface area is 216 Å². The number of benzene rings is 3. The molecule has 0 amide bonds. The zero-order valence-electron chi connectivity index (χ0n) is 15.7. The van der Waals surface area contributed by atoms with Gasteiger partial charge in [0.15, 0.2) is 0 Å². The minimum Gasteiger partial charge on any atom is -0.199 e. The first-order valence-corrected chi connectivity index (χ1v) is 12.1. The second-order valence-electron chi connectivity index (χ2n) is 6.11. The van der Waals surface area contributed by atoms with Crippen LogP contribution in [-0.4, -0.2) is 16.8 Å². The summed E-state index contributed by atoms with van der Waals surface area (Å²) in [5.74, 6) is 0. The Morgan fingerprint density at radius 1 is 1.00 bits per heavy atom. The Morgan fingerprint density at radius 2 is 1.71 bits per heavy atom. The van der Waals surface area contributed by atoms with Crippen LogP contribution in [0.3, 0.4) is 0 Å². The molecule has 0 saturated carbocycles. The summed E-state index contributed by atoms with van der Waals surface area (Å²) in [6.45, 7) is 4.85. The molecule has 1 radical (unpaired) electrons. The van der Waals surface area contributed by atoms with Crippen molar-refractivity contribution in [1.82, 2.24) is 0 Å². The predicted octanol–water partition coefficient (Wildman–Crippen LogP) is 6.66. The Kier molecular flexibility index (Phi) is 10.4. The van der Waals surface area contributed by atoms with E-state index < -0.39 is 0 Å². The Balaban J connectivity index is 0.000000198. The molecular weight excluding hydrogens is 675 g/mol. The van der Waals surface area contributed by atoms with Gasteiger partial charge in [0, 0.05) is 37.6 Å². The molecule has 1 nitrogen and oxygen atoms in total. The van der Waals surface area contributed by atoms with Crippen molar-refractivity contribution in [2.45, 2.75) is 11.3 Å². The van der Waals surface area contributed by atoms with Gasteiger partial charge in [0.1, 0.15) is 0 Å². The molecule has 3 aromatic rings. The molecule has 141 valence electrons. The van der Waals surface area contributed by atoms with Gasteiger partial charge < -0.3 is 0 Å². The maximum absolute atomic E-state index is 4.46. The van der Waals surface area contributed by atoms with Gasteiger partial charge in [-0.25, -0.2) is 0 Å². The van der Waals surface area contributed by atoms with Gasteiger partial charge in [0.25, 0.3) is 0 Å². The molecule has 1 aliphatic rings. The third-order valence-electron chi connectivity index (χ3n) is 4.32. The molecular formula is C23H20BrNSWY-2. The summed E-state index contributed by atoms with van der Waals surface area (Å²) in [6, 6.07) is 23.2. The van der Waals surface area contributed by atoms with Crippen LogP contribution in [0.4, 0.5) is 0 Å². The number of halogens is 1. The van der Waals surface area contributed by atoms with Crippen molar-refractivity contribution >= 4 is 31.7 Å². The largest absolute Gasteiger partial charge is 0.199 e. The summed E-state index contributed by atoms with van der Waals surface area (Å²) in [7, 11) is 0. The molecule has 4 rings (SSSR count). The maximum Gasteiger partial charge on any atom is 0.0147 e. The van der Waals surface area contributed by atoms with Crippen molar-refractivity contribution in [2.24, 2.45) is 0 Å². The molecule has 1 heterocycles. The smallest absolute Gasteiger partial charge is 0.0147 e. The Morgan fingerprint density at radius 3 is 2.39 bits per heavy atom. The van der Waals surface area contributed by atoms with Crippen LogP contribution in [0.25, 0.3) is 16.4 Å². The molecule has 0 unspecified atom stereocenters. The van der Waals surface area contributed by atoms with Gasteiger partial charge in [0.05, 0.1) is 0 Å². The quantitative estimate of drug-likeness (QED) is 0.216. The van der Waals surface area contributed by atoms with E-state index in [4.69, 9.17) is 0 Å². The predicted molar refractivity (Wildman–Crippen MR) is 118 cm³/mol. The van der Waals surface area contributed by atoms with Crippen LogP contribution in [-0.2, 0) is 58.5 Å². The van der Waals surface area contributed by atoms with E-state index in [9.17, 15) is 0 Å².